The minimum absolute atomic E-state index is 0.115. The minimum Gasteiger partial charge on any atom is -0.340 e. The third-order valence-corrected chi connectivity index (χ3v) is 5.00. The first-order valence-electron chi connectivity index (χ1n) is 9.06. The highest BCUT2D eigenvalue weighted by molar-refractivity contribution is 5.77. The molecule has 24 heavy (non-hydrogen) atoms. The Hall–Kier alpha value is -2.10. The molecule has 0 radical (unpaired) electrons. The maximum Gasteiger partial charge on any atom is 0.224 e. The van der Waals surface area contributed by atoms with E-state index >= 15 is 0 Å². The van der Waals surface area contributed by atoms with Gasteiger partial charge in [0.25, 0.3) is 0 Å². The summed E-state index contributed by atoms with van der Waals surface area (Å²) in [7, 11) is 0. The molecule has 1 aliphatic rings. The number of carbonyl (C=O) groups is 1. The molecule has 1 aromatic heterocycles. The Bertz CT molecular complexity index is 624. The Morgan fingerprint density at radius 1 is 1.25 bits per heavy atom. The first kappa shape index (κ1) is 16.7. The van der Waals surface area contributed by atoms with Gasteiger partial charge >= 0.3 is 0 Å². The topological polar surface area (TPSA) is 38.1 Å². The summed E-state index contributed by atoms with van der Waals surface area (Å²) >= 11 is 0. The maximum atomic E-state index is 12.8. The van der Waals surface area contributed by atoms with E-state index in [2.05, 4.69) is 47.3 Å². The van der Waals surface area contributed by atoms with Crippen molar-refractivity contribution in [2.24, 2.45) is 0 Å². The maximum absolute atomic E-state index is 12.8. The van der Waals surface area contributed by atoms with Gasteiger partial charge in [-0.1, -0.05) is 30.3 Å². The van der Waals surface area contributed by atoms with Crippen LogP contribution in [-0.4, -0.2) is 33.2 Å². The van der Waals surface area contributed by atoms with E-state index in [1.54, 1.807) is 6.20 Å². The van der Waals surface area contributed by atoms with Crippen LogP contribution in [0.4, 0.5) is 0 Å². The van der Waals surface area contributed by atoms with E-state index in [9.17, 15) is 4.79 Å². The van der Waals surface area contributed by atoms with Crippen molar-refractivity contribution in [1.82, 2.24) is 14.7 Å². The van der Waals surface area contributed by atoms with Gasteiger partial charge in [0.05, 0.1) is 6.04 Å². The van der Waals surface area contributed by atoms with E-state index in [0.29, 0.717) is 12.5 Å². The number of hydrogen-bond donors (Lipinski definition) is 0. The zero-order valence-corrected chi connectivity index (χ0v) is 14.5. The molecule has 4 nitrogen and oxygen atoms in total. The number of carbonyl (C=O) groups excluding carboxylic acids is 1. The number of rotatable bonds is 6. The molecule has 0 unspecified atom stereocenters. The SMILES string of the molecule is C[C@@H](CC(=O)N1CCCC[C@@H]1CCc1ccccc1)n1cccn1. The van der Waals surface area contributed by atoms with Gasteiger partial charge in [-0.2, -0.15) is 5.10 Å². The lowest BCUT2D eigenvalue weighted by molar-refractivity contribution is -0.135. The fourth-order valence-electron chi connectivity index (χ4n) is 3.61. The number of benzene rings is 1. The smallest absolute Gasteiger partial charge is 0.224 e. The molecule has 3 rings (SSSR count). The number of nitrogens with zero attached hydrogens (tertiary/aromatic N) is 3. The second-order valence-corrected chi connectivity index (χ2v) is 6.80. The Morgan fingerprint density at radius 3 is 2.83 bits per heavy atom. The van der Waals surface area contributed by atoms with Crippen molar-refractivity contribution in [1.29, 1.82) is 0 Å². The van der Waals surface area contributed by atoms with Gasteiger partial charge in [0.15, 0.2) is 0 Å². The third kappa shape index (κ3) is 4.25. The molecule has 0 N–H and O–H groups in total. The molecule has 1 aromatic carbocycles. The Kier molecular flexibility index (Phi) is 5.68. The van der Waals surface area contributed by atoms with Gasteiger partial charge in [0.2, 0.25) is 5.91 Å². The molecular formula is C20H27N3O. The molecule has 1 saturated heterocycles. The molecule has 2 heterocycles. The third-order valence-electron chi connectivity index (χ3n) is 5.00. The predicted molar refractivity (Wildman–Crippen MR) is 95.7 cm³/mol. The number of piperidine rings is 1. The average molecular weight is 325 g/mol. The van der Waals surface area contributed by atoms with Crippen LogP contribution in [0.1, 0.15) is 50.6 Å². The van der Waals surface area contributed by atoms with Crippen molar-refractivity contribution < 1.29 is 4.79 Å². The summed E-state index contributed by atoms with van der Waals surface area (Å²) in [5, 5.41) is 4.26. The molecule has 0 saturated carbocycles. The lowest BCUT2D eigenvalue weighted by Gasteiger charge is -2.36. The molecule has 1 amide bonds. The van der Waals surface area contributed by atoms with Gasteiger partial charge in [-0.15, -0.1) is 0 Å². The van der Waals surface area contributed by atoms with Gasteiger partial charge < -0.3 is 4.90 Å². The molecule has 128 valence electrons. The zero-order valence-electron chi connectivity index (χ0n) is 14.5. The summed E-state index contributed by atoms with van der Waals surface area (Å²) in [6.45, 7) is 2.97. The molecule has 0 bridgehead atoms. The molecular weight excluding hydrogens is 298 g/mol. The monoisotopic (exact) mass is 325 g/mol. The van der Waals surface area contributed by atoms with E-state index in [1.165, 1.54) is 12.0 Å². The Balaban J connectivity index is 1.58. The number of aryl methyl sites for hydroxylation is 1. The van der Waals surface area contributed by atoms with Crippen LogP contribution in [0.25, 0.3) is 0 Å². The molecule has 1 fully saturated rings. The number of amides is 1. The summed E-state index contributed by atoms with van der Waals surface area (Å²) in [6, 6.07) is 13.0. The highest BCUT2D eigenvalue weighted by Gasteiger charge is 2.27. The summed E-state index contributed by atoms with van der Waals surface area (Å²) in [5.74, 6) is 0.274. The summed E-state index contributed by atoms with van der Waals surface area (Å²) < 4.78 is 1.88. The van der Waals surface area contributed by atoms with Crippen molar-refractivity contribution in [2.45, 2.75) is 57.5 Å². The van der Waals surface area contributed by atoms with E-state index in [4.69, 9.17) is 0 Å². The van der Waals surface area contributed by atoms with E-state index in [-0.39, 0.29) is 11.9 Å². The van der Waals surface area contributed by atoms with Crippen molar-refractivity contribution in [3.8, 4) is 0 Å². The van der Waals surface area contributed by atoms with E-state index < -0.39 is 0 Å². The van der Waals surface area contributed by atoms with E-state index in [1.807, 2.05) is 16.9 Å². The number of likely N-dealkylation sites (tertiary alicyclic amines) is 1. The normalized spacial score (nSPS) is 19.2. The molecule has 2 atom stereocenters. The lowest BCUT2D eigenvalue weighted by Crippen LogP contribution is -2.44. The van der Waals surface area contributed by atoms with Gasteiger partial charge in [0.1, 0.15) is 0 Å². The van der Waals surface area contributed by atoms with Crippen LogP contribution in [0.5, 0.6) is 0 Å². The molecule has 0 spiro atoms. The highest BCUT2D eigenvalue weighted by Crippen LogP contribution is 2.24. The van der Waals surface area contributed by atoms with Crippen LogP contribution < -0.4 is 0 Å². The van der Waals surface area contributed by atoms with Crippen molar-refractivity contribution in [2.75, 3.05) is 6.54 Å². The van der Waals surface area contributed by atoms with Crippen LogP contribution in [0.3, 0.4) is 0 Å². The fraction of sp³-hybridized carbons (Fsp3) is 0.500. The number of hydrogen-bond acceptors (Lipinski definition) is 2. The Morgan fingerprint density at radius 2 is 2.08 bits per heavy atom. The molecule has 4 heteroatoms. The van der Waals surface area contributed by atoms with Gasteiger partial charge in [-0.3, -0.25) is 9.48 Å². The lowest BCUT2D eigenvalue weighted by atomic mass is 9.95. The summed E-state index contributed by atoms with van der Waals surface area (Å²) in [4.78, 5) is 14.9. The summed E-state index contributed by atoms with van der Waals surface area (Å²) in [5.41, 5.74) is 1.36. The van der Waals surface area contributed by atoms with E-state index in [0.717, 1.165) is 32.2 Å². The first-order chi connectivity index (χ1) is 11.7. The van der Waals surface area contributed by atoms with Crippen LogP contribution in [0, 0.1) is 0 Å². The highest BCUT2D eigenvalue weighted by atomic mass is 16.2. The predicted octanol–water partition coefficient (Wildman–Crippen LogP) is 3.85. The second-order valence-electron chi connectivity index (χ2n) is 6.80. The molecule has 2 aromatic rings. The molecule has 1 aliphatic heterocycles. The Labute approximate surface area is 144 Å². The zero-order chi connectivity index (χ0) is 16.8. The molecule has 0 aliphatic carbocycles. The largest absolute Gasteiger partial charge is 0.340 e. The van der Waals surface area contributed by atoms with Crippen molar-refractivity contribution in [3.63, 3.8) is 0 Å². The van der Waals surface area contributed by atoms with Gasteiger partial charge in [-0.25, -0.2) is 0 Å². The quantitative estimate of drug-likeness (QED) is 0.809. The van der Waals surface area contributed by atoms with Crippen LogP contribution in [0.2, 0.25) is 0 Å². The summed E-state index contributed by atoms with van der Waals surface area (Å²) in [6.07, 6.45) is 9.83. The minimum atomic E-state index is 0.115. The van der Waals surface area contributed by atoms with Crippen molar-refractivity contribution >= 4 is 5.91 Å². The number of aromatic nitrogens is 2. The first-order valence-corrected chi connectivity index (χ1v) is 9.06. The van der Waals surface area contributed by atoms with Crippen LogP contribution in [-0.2, 0) is 11.2 Å². The van der Waals surface area contributed by atoms with Gasteiger partial charge in [-0.05, 0) is 50.7 Å². The fourth-order valence-corrected chi connectivity index (χ4v) is 3.61. The van der Waals surface area contributed by atoms with Crippen LogP contribution in [0.15, 0.2) is 48.8 Å². The van der Waals surface area contributed by atoms with Crippen molar-refractivity contribution in [3.05, 3.63) is 54.4 Å². The second kappa shape index (κ2) is 8.13. The standard InChI is InChI=1S/C20H27N3O/c1-17(23-15-7-13-21-23)16-20(24)22-14-6-5-10-19(22)12-11-18-8-3-2-4-9-18/h2-4,7-9,13,15,17,19H,5-6,10-12,14,16H2,1H3/t17-,19+/m0/s1. The van der Waals surface area contributed by atoms with Crippen LogP contribution >= 0.6 is 0 Å². The van der Waals surface area contributed by atoms with Gasteiger partial charge in [0, 0.05) is 31.4 Å². The average Bonchev–Trinajstić information content (AvgIpc) is 3.16.